The highest BCUT2D eigenvalue weighted by Gasteiger charge is 2.35. The lowest BCUT2D eigenvalue weighted by atomic mass is 10.00. The van der Waals surface area contributed by atoms with Gasteiger partial charge in [-0.05, 0) is 75.2 Å². The lowest BCUT2D eigenvalue weighted by Crippen LogP contribution is -2.54. The summed E-state index contributed by atoms with van der Waals surface area (Å²) in [4.78, 5) is 46.5. The van der Waals surface area contributed by atoms with Gasteiger partial charge in [-0.15, -0.1) is 0 Å². The first-order valence-corrected chi connectivity index (χ1v) is 12.7. The largest absolute Gasteiger partial charge is 0.341 e. The van der Waals surface area contributed by atoms with Crippen LogP contribution in [0, 0.1) is 5.82 Å². The highest BCUT2D eigenvalue weighted by molar-refractivity contribution is 6.15. The molecule has 0 saturated carbocycles. The number of halogens is 1. The van der Waals surface area contributed by atoms with Crippen LogP contribution >= 0.6 is 0 Å². The first-order valence-electron chi connectivity index (χ1n) is 12.7. The molecule has 2 aromatic rings. The van der Waals surface area contributed by atoms with Gasteiger partial charge in [0.25, 0.3) is 0 Å². The second-order valence-electron chi connectivity index (χ2n) is 9.70. The topological polar surface area (TPSA) is 76.2 Å². The van der Waals surface area contributed by atoms with Gasteiger partial charge in [0.2, 0.25) is 11.8 Å². The Kier molecular flexibility index (Phi) is 7.18. The van der Waals surface area contributed by atoms with E-state index in [0.29, 0.717) is 36.2 Å². The van der Waals surface area contributed by atoms with Crippen molar-refractivity contribution in [3.8, 4) is 0 Å². The normalized spacial score (nSPS) is 19.2. The molecular weight excluding hydrogens is 461 g/mol. The predicted octanol–water partition coefficient (Wildman–Crippen LogP) is 3.69. The van der Waals surface area contributed by atoms with Crippen LogP contribution in [-0.4, -0.2) is 73.0 Å². The maximum absolute atomic E-state index is 13.2. The van der Waals surface area contributed by atoms with E-state index in [1.807, 2.05) is 4.90 Å². The molecule has 36 heavy (non-hydrogen) atoms. The summed E-state index contributed by atoms with van der Waals surface area (Å²) in [5.41, 5.74) is 1.50. The molecule has 3 aliphatic heterocycles. The Bertz CT molecular complexity index is 1110. The first kappa shape index (κ1) is 24.2. The molecule has 2 saturated heterocycles. The minimum absolute atomic E-state index is 0.0440. The highest BCUT2D eigenvalue weighted by atomic mass is 19.1. The summed E-state index contributed by atoms with van der Waals surface area (Å²) >= 11 is 0. The van der Waals surface area contributed by atoms with E-state index < -0.39 is 11.8 Å². The summed E-state index contributed by atoms with van der Waals surface area (Å²) in [7, 11) is 0. The Hall–Kier alpha value is -3.46. The molecule has 2 aromatic carbocycles. The van der Waals surface area contributed by atoms with E-state index in [1.54, 1.807) is 24.3 Å². The van der Waals surface area contributed by atoms with Crippen molar-refractivity contribution in [1.82, 2.24) is 9.80 Å². The predicted molar refractivity (Wildman–Crippen MR) is 137 cm³/mol. The van der Waals surface area contributed by atoms with E-state index in [4.69, 9.17) is 0 Å². The summed E-state index contributed by atoms with van der Waals surface area (Å²) < 4.78 is 13.2. The van der Waals surface area contributed by atoms with Crippen molar-refractivity contribution in [3.05, 3.63) is 54.3 Å². The number of carbonyl (C=O) groups is 3. The maximum atomic E-state index is 13.2. The summed E-state index contributed by atoms with van der Waals surface area (Å²) in [6.45, 7) is 3.49. The van der Waals surface area contributed by atoms with Crippen LogP contribution in [0.2, 0.25) is 0 Å². The van der Waals surface area contributed by atoms with Crippen molar-refractivity contribution < 1.29 is 18.8 Å². The summed E-state index contributed by atoms with van der Waals surface area (Å²) in [5.74, 6) is -0.790. The smallest absolute Gasteiger partial charge is 0.326 e. The first-order chi connectivity index (χ1) is 17.5. The van der Waals surface area contributed by atoms with Gasteiger partial charge >= 0.3 is 6.03 Å². The number of piperidine rings is 2. The Balaban J connectivity index is 1.24. The number of hydrogen-bond donors (Lipinski definition) is 1. The molecular formula is C27H32FN5O3. The van der Waals surface area contributed by atoms with Crippen LogP contribution in [0.25, 0.3) is 0 Å². The molecule has 190 valence electrons. The fourth-order valence-electron chi connectivity index (χ4n) is 5.44. The number of hydrogen-bond acceptors (Lipinski definition) is 4. The van der Waals surface area contributed by atoms with E-state index >= 15 is 0 Å². The Morgan fingerprint density at radius 3 is 2.25 bits per heavy atom. The van der Waals surface area contributed by atoms with Gasteiger partial charge in [0.05, 0.1) is 11.4 Å². The molecule has 0 aromatic heterocycles. The average molecular weight is 494 g/mol. The van der Waals surface area contributed by atoms with Crippen molar-refractivity contribution in [2.75, 3.05) is 54.4 Å². The van der Waals surface area contributed by atoms with Crippen molar-refractivity contribution in [3.63, 3.8) is 0 Å². The average Bonchev–Trinajstić information content (AvgIpc) is 2.92. The molecule has 4 amide bonds. The zero-order chi connectivity index (χ0) is 25.1. The van der Waals surface area contributed by atoms with Crippen molar-refractivity contribution in [1.29, 1.82) is 0 Å². The molecule has 0 aliphatic carbocycles. The van der Waals surface area contributed by atoms with Crippen LogP contribution < -0.4 is 15.1 Å². The number of amides is 4. The van der Waals surface area contributed by atoms with Gasteiger partial charge in [0, 0.05) is 24.8 Å². The molecule has 0 radical (unpaired) electrons. The number of anilines is 3. The van der Waals surface area contributed by atoms with Crippen LogP contribution in [0.3, 0.4) is 0 Å². The van der Waals surface area contributed by atoms with Gasteiger partial charge in [-0.3, -0.25) is 19.4 Å². The molecule has 9 heteroatoms. The molecule has 0 spiro atoms. The monoisotopic (exact) mass is 493 g/mol. The summed E-state index contributed by atoms with van der Waals surface area (Å²) in [6, 6.07) is 12.6. The number of carbonyl (C=O) groups excluding carboxylic acids is 3. The number of para-hydroxylation sites is 2. The van der Waals surface area contributed by atoms with E-state index in [0.717, 1.165) is 25.9 Å². The van der Waals surface area contributed by atoms with Crippen LogP contribution in [0.4, 0.5) is 26.2 Å². The number of likely N-dealkylation sites (tertiary alicyclic amines) is 2. The standard InChI is InChI=1S/C27H32FN5O3/c28-20-8-10-21(11-9-20)29-27(36)33-19-26(35)32(23-6-2-3-7-24(23)33)18-25(34)31-16-12-22(13-17-31)30-14-4-1-5-15-30/h2-3,6-11,22H,1,4-5,12-19H2,(H,29,36). The van der Waals surface area contributed by atoms with Gasteiger partial charge in [0.1, 0.15) is 18.9 Å². The number of nitrogens with zero attached hydrogens (tertiary/aromatic N) is 4. The molecule has 3 heterocycles. The van der Waals surface area contributed by atoms with Gasteiger partial charge in [0.15, 0.2) is 0 Å². The number of urea groups is 1. The third-order valence-electron chi connectivity index (χ3n) is 7.42. The minimum Gasteiger partial charge on any atom is -0.341 e. The highest BCUT2D eigenvalue weighted by Crippen LogP contribution is 2.34. The Morgan fingerprint density at radius 1 is 0.889 bits per heavy atom. The second-order valence-corrected chi connectivity index (χ2v) is 9.70. The van der Waals surface area contributed by atoms with Gasteiger partial charge in [-0.25, -0.2) is 9.18 Å². The number of benzene rings is 2. The van der Waals surface area contributed by atoms with Gasteiger partial charge < -0.3 is 15.1 Å². The number of nitrogens with one attached hydrogen (secondary N) is 1. The quantitative estimate of drug-likeness (QED) is 0.705. The van der Waals surface area contributed by atoms with Crippen LogP contribution in [0.5, 0.6) is 0 Å². The third kappa shape index (κ3) is 5.21. The van der Waals surface area contributed by atoms with E-state index in [9.17, 15) is 18.8 Å². The fraction of sp³-hybridized carbons (Fsp3) is 0.444. The molecule has 1 N–H and O–H groups in total. The Morgan fingerprint density at radius 2 is 1.56 bits per heavy atom. The molecule has 3 aliphatic rings. The van der Waals surface area contributed by atoms with Crippen LogP contribution in [0.15, 0.2) is 48.5 Å². The summed E-state index contributed by atoms with van der Waals surface area (Å²) in [5, 5.41) is 2.71. The van der Waals surface area contributed by atoms with Gasteiger partial charge in [-0.2, -0.15) is 0 Å². The minimum atomic E-state index is -0.492. The molecule has 0 unspecified atom stereocenters. The molecule has 0 atom stereocenters. The van der Waals surface area contributed by atoms with E-state index in [1.165, 1.54) is 53.3 Å². The fourth-order valence-corrected chi connectivity index (χ4v) is 5.44. The van der Waals surface area contributed by atoms with Crippen molar-refractivity contribution >= 4 is 34.9 Å². The molecule has 8 nitrogen and oxygen atoms in total. The zero-order valence-electron chi connectivity index (χ0n) is 20.4. The third-order valence-corrected chi connectivity index (χ3v) is 7.42. The molecule has 2 fully saturated rings. The maximum Gasteiger partial charge on any atom is 0.326 e. The summed E-state index contributed by atoms with van der Waals surface area (Å²) in [6.07, 6.45) is 5.76. The van der Waals surface area contributed by atoms with Crippen molar-refractivity contribution in [2.45, 2.75) is 38.1 Å². The zero-order valence-corrected chi connectivity index (χ0v) is 20.4. The van der Waals surface area contributed by atoms with Crippen LogP contribution in [0.1, 0.15) is 32.1 Å². The lowest BCUT2D eigenvalue weighted by Gasteiger charge is -2.41. The molecule has 0 bridgehead atoms. The van der Waals surface area contributed by atoms with E-state index in [2.05, 4.69) is 10.2 Å². The number of rotatable bonds is 4. The SMILES string of the molecule is O=C(CN1C(=O)CN(C(=O)Nc2ccc(F)cc2)c2ccccc21)N1CCC(N2CCCCC2)CC1. The van der Waals surface area contributed by atoms with Gasteiger partial charge in [-0.1, -0.05) is 18.6 Å². The number of fused-ring (bicyclic) bond motifs is 1. The lowest BCUT2D eigenvalue weighted by molar-refractivity contribution is -0.132. The second kappa shape index (κ2) is 10.7. The Labute approximate surface area is 210 Å². The van der Waals surface area contributed by atoms with E-state index in [-0.39, 0.29) is 24.9 Å². The van der Waals surface area contributed by atoms with Crippen molar-refractivity contribution in [2.24, 2.45) is 0 Å². The van der Waals surface area contributed by atoms with Crippen LogP contribution in [-0.2, 0) is 9.59 Å². The molecule has 5 rings (SSSR count).